The molecule has 1 atom stereocenters. The van der Waals surface area contributed by atoms with Crippen molar-refractivity contribution in [1.82, 2.24) is 9.88 Å². The topological polar surface area (TPSA) is 65.5 Å². The minimum Gasteiger partial charge on any atom is -0.345 e. The summed E-state index contributed by atoms with van der Waals surface area (Å²) in [5.41, 5.74) is 1.58. The zero-order valence-electron chi connectivity index (χ0n) is 16.1. The van der Waals surface area contributed by atoms with E-state index < -0.39 is 5.82 Å². The molecule has 2 aromatic rings. The van der Waals surface area contributed by atoms with Crippen LogP contribution in [0.3, 0.4) is 0 Å². The van der Waals surface area contributed by atoms with Crippen LogP contribution in [0, 0.1) is 11.7 Å². The number of rotatable bonds is 3. The molecule has 2 heterocycles. The molecule has 6 nitrogen and oxygen atoms in total. The molecule has 1 saturated heterocycles. The van der Waals surface area contributed by atoms with Crippen LogP contribution in [0.25, 0.3) is 0 Å². The van der Waals surface area contributed by atoms with Gasteiger partial charge < -0.3 is 15.1 Å². The van der Waals surface area contributed by atoms with Gasteiger partial charge in [0.25, 0.3) is 0 Å². The number of aromatic nitrogens is 1. The van der Waals surface area contributed by atoms with E-state index in [1.807, 2.05) is 4.90 Å². The number of halogens is 2. The summed E-state index contributed by atoms with van der Waals surface area (Å²) < 4.78 is 13.3. The molecule has 1 aromatic carbocycles. The van der Waals surface area contributed by atoms with Crippen molar-refractivity contribution < 1.29 is 14.0 Å². The number of carbonyl (C=O) groups is 2. The van der Waals surface area contributed by atoms with Crippen molar-refractivity contribution in [2.24, 2.45) is 5.92 Å². The molecule has 1 fully saturated rings. The number of anilines is 2. The summed E-state index contributed by atoms with van der Waals surface area (Å²) >= 11 is 7.44. The maximum absolute atomic E-state index is 13.3. The smallest absolute Gasteiger partial charge is 0.227 e. The normalized spacial score (nSPS) is 19.1. The van der Waals surface area contributed by atoms with Crippen LogP contribution in [-0.4, -0.2) is 47.9 Å². The van der Waals surface area contributed by atoms with Gasteiger partial charge in [0.15, 0.2) is 5.13 Å². The Kier molecular flexibility index (Phi) is 5.74. The van der Waals surface area contributed by atoms with Crippen molar-refractivity contribution in [3.05, 3.63) is 39.6 Å². The van der Waals surface area contributed by atoms with E-state index in [9.17, 15) is 14.0 Å². The van der Waals surface area contributed by atoms with E-state index in [0.717, 1.165) is 41.6 Å². The number of nitrogens with one attached hydrogen (secondary N) is 1. The molecule has 2 aliphatic rings. The highest BCUT2D eigenvalue weighted by atomic mass is 35.5. The quantitative estimate of drug-likeness (QED) is 0.801. The minimum absolute atomic E-state index is 0.00861. The Hall–Kier alpha value is -2.19. The van der Waals surface area contributed by atoms with Gasteiger partial charge in [-0.25, -0.2) is 9.37 Å². The second-order valence-corrected chi connectivity index (χ2v) is 8.89. The number of thiazole rings is 1. The summed E-state index contributed by atoms with van der Waals surface area (Å²) in [7, 11) is 0. The molecule has 9 heteroatoms. The average Bonchev–Trinajstić information content (AvgIpc) is 3.14. The highest BCUT2D eigenvalue weighted by Crippen LogP contribution is 2.35. The zero-order valence-corrected chi connectivity index (χ0v) is 17.7. The lowest BCUT2D eigenvalue weighted by Crippen LogP contribution is -2.48. The first-order valence-corrected chi connectivity index (χ1v) is 10.8. The number of benzene rings is 1. The van der Waals surface area contributed by atoms with Crippen LogP contribution in [0.4, 0.5) is 15.2 Å². The third-order valence-corrected chi connectivity index (χ3v) is 6.95. The standard InChI is InChI=1S/C20H22ClFN4O2S/c1-12(27)25-6-8-26(9-7-25)20-24-17-5-2-13(10-18(17)29-20)19(28)23-14-3-4-16(22)15(21)11-14/h3-4,11,13H,2,5-10H2,1H3,(H,23,28)/t13-/m1/s1. The third-order valence-electron chi connectivity index (χ3n) is 5.48. The van der Waals surface area contributed by atoms with Crippen molar-refractivity contribution in [1.29, 1.82) is 0 Å². The number of amides is 2. The molecule has 0 radical (unpaired) electrons. The van der Waals surface area contributed by atoms with Crippen LogP contribution >= 0.6 is 22.9 Å². The Morgan fingerprint density at radius 3 is 2.72 bits per heavy atom. The van der Waals surface area contributed by atoms with Crippen LogP contribution < -0.4 is 10.2 Å². The Morgan fingerprint density at radius 2 is 2.03 bits per heavy atom. The Labute approximate surface area is 177 Å². The Morgan fingerprint density at radius 1 is 1.28 bits per heavy atom. The van der Waals surface area contributed by atoms with Crippen molar-refractivity contribution in [3.8, 4) is 0 Å². The molecule has 0 bridgehead atoms. The van der Waals surface area contributed by atoms with E-state index >= 15 is 0 Å². The van der Waals surface area contributed by atoms with Crippen molar-refractivity contribution >= 4 is 45.6 Å². The first kappa shape index (κ1) is 20.1. The molecule has 154 valence electrons. The maximum Gasteiger partial charge on any atom is 0.227 e. The summed E-state index contributed by atoms with van der Waals surface area (Å²) in [6.07, 6.45) is 2.15. The lowest BCUT2D eigenvalue weighted by Gasteiger charge is -2.33. The molecule has 1 aliphatic carbocycles. The number of nitrogens with zero attached hydrogens (tertiary/aromatic N) is 3. The lowest BCUT2D eigenvalue weighted by atomic mass is 9.90. The molecule has 0 spiro atoms. The van der Waals surface area contributed by atoms with Crippen LogP contribution in [0.1, 0.15) is 23.9 Å². The van der Waals surface area contributed by atoms with Gasteiger partial charge >= 0.3 is 0 Å². The summed E-state index contributed by atoms with van der Waals surface area (Å²) in [4.78, 5) is 34.2. The highest BCUT2D eigenvalue weighted by molar-refractivity contribution is 7.15. The van der Waals surface area contributed by atoms with Gasteiger partial charge in [-0.1, -0.05) is 11.6 Å². The van der Waals surface area contributed by atoms with E-state index in [-0.39, 0.29) is 22.8 Å². The predicted octanol–water partition coefficient (Wildman–Crippen LogP) is 3.35. The largest absolute Gasteiger partial charge is 0.345 e. The van der Waals surface area contributed by atoms with Crippen LogP contribution in [0.2, 0.25) is 5.02 Å². The van der Waals surface area contributed by atoms with Gasteiger partial charge in [-0.15, -0.1) is 11.3 Å². The van der Waals surface area contributed by atoms with Gasteiger partial charge in [0.1, 0.15) is 5.82 Å². The van der Waals surface area contributed by atoms with Gasteiger partial charge in [0.05, 0.1) is 10.7 Å². The van der Waals surface area contributed by atoms with Gasteiger partial charge in [-0.3, -0.25) is 9.59 Å². The fraction of sp³-hybridized carbons (Fsp3) is 0.450. The lowest BCUT2D eigenvalue weighted by molar-refractivity contribution is -0.129. The SMILES string of the molecule is CC(=O)N1CCN(c2nc3c(s2)C[C@H](C(=O)Nc2ccc(F)c(Cl)c2)CC3)CC1. The molecule has 1 aliphatic heterocycles. The highest BCUT2D eigenvalue weighted by Gasteiger charge is 2.29. The molecule has 1 aromatic heterocycles. The van der Waals surface area contributed by atoms with Crippen molar-refractivity contribution in [3.63, 3.8) is 0 Å². The van der Waals surface area contributed by atoms with E-state index in [4.69, 9.17) is 16.6 Å². The number of aryl methyl sites for hydroxylation is 1. The molecule has 2 amide bonds. The first-order chi connectivity index (χ1) is 13.9. The second-order valence-electron chi connectivity index (χ2n) is 7.42. The number of hydrogen-bond acceptors (Lipinski definition) is 5. The van der Waals surface area contributed by atoms with Crippen LogP contribution in [-0.2, 0) is 22.4 Å². The van der Waals surface area contributed by atoms with Gasteiger partial charge in [-0.05, 0) is 37.5 Å². The Bertz CT molecular complexity index is 943. The molecule has 1 N–H and O–H groups in total. The number of carbonyl (C=O) groups excluding carboxylic acids is 2. The minimum atomic E-state index is -0.506. The molecular weight excluding hydrogens is 415 g/mol. The molecule has 4 rings (SSSR count). The van der Waals surface area contributed by atoms with Crippen molar-refractivity contribution in [2.75, 3.05) is 36.4 Å². The first-order valence-electron chi connectivity index (χ1n) is 9.65. The molecule has 0 unspecified atom stereocenters. The van der Waals surface area contributed by atoms with Gasteiger partial charge in [0.2, 0.25) is 11.8 Å². The summed E-state index contributed by atoms with van der Waals surface area (Å²) in [6, 6.07) is 4.19. The monoisotopic (exact) mass is 436 g/mol. The summed E-state index contributed by atoms with van der Waals surface area (Å²) in [6.45, 7) is 4.58. The van der Waals surface area contributed by atoms with Gasteiger partial charge in [0, 0.05) is 49.6 Å². The molecular formula is C20H22ClFN4O2S. The third kappa shape index (κ3) is 4.38. The predicted molar refractivity (Wildman–Crippen MR) is 112 cm³/mol. The molecule has 0 saturated carbocycles. The average molecular weight is 437 g/mol. The van der Waals surface area contributed by atoms with Crippen LogP contribution in [0.5, 0.6) is 0 Å². The fourth-order valence-electron chi connectivity index (χ4n) is 3.75. The van der Waals surface area contributed by atoms with E-state index in [1.165, 1.54) is 18.2 Å². The fourth-order valence-corrected chi connectivity index (χ4v) is 5.17. The summed E-state index contributed by atoms with van der Waals surface area (Å²) in [5, 5.41) is 3.81. The van der Waals surface area contributed by atoms with Crippen molar-refractivity contribution in [2.45, 2.75) is 26.2 Å². The number of hydrogen-bond donors (Lipinski definition) is 1. The maximum atomic E-state index is 13.3. The van der Waals surface area contributed by atoms with E-state index in [2.05, 4.69) is 10.2 Å². The molecule has 29 heavy (non-hydrogen) atoms. The summed E-state index contributed by atoms with van der Waals surface area (Å²) in [5.74, 6) is -0.620. The number of fused-ring (bicyclic) bond motifs is 1. The second kappa shape index (κ2) is 8.28. The van der Waals surface area contributed by atoms with E-state index in [0.29, 0.717) is 25.2 Å². The van der Waals surface area contributed by atoms with E-state index in [1.54, 1.807) is 18.3 Å². The van der Waals surface area contributed by atoms with Gasteiger partial charge in [-0.2, -0.15) is 0 Å². The Balaban J connectivity index is 1.39. The number of piperazine rings is 1. The zero-order chi connectivity index (χ0) is 20.5. The van der Waals surface area contributed by atoms with Crippen LogP contribution in [0.15, 0.2) is 18.2 Å².